The molecule has 0 aliphatic carbocycles. The van der Waals surface area contributed by atoms with Crippen LogP contribution < -0.4 is 0 Å². The van der Waals surface area contributed by atoms with E-state index in [1.807, 2.05) is 7.05 Å². The van der Waals surface area contributed by atoms with Gasteiger partial charge >= 0.3 is 0 Å². The van der Waals surface area contributed by atoms with Gasteiger partial charge in [0.2, 0.25) is 0 Å². The molecule has 0 saturated heterocycles. The van der Waals surface area contributed by atoms with Gasteiger partial charge in [-0.25, -0.2) is 0 Å². The fraction of sp³-hybridized carbons (Fsp3) is 0.833. The summed E-state index contributed by atoms with van der Waals surface area (Å²) >= 11 is 0. The van der Waals surface area contributed by atoms with Crippen molar-refractivity contribution in [1.82, 2.24) is 0 Å². The maximum absolute atomic E-state index is 3.95. The molecule has 0 heterocycles. The molecule has 0 aliphatic heterocycles. The van der Waals surface area contributed by atoms with Crippen molar-refractivity contribution in [3.05, 3.63) is 12.2 Å². The van der Waals surface area contributed by atoms with Gasteiger partial charge in [0, 0.05) is 32.7 Å². The van der Waals surface area contributed by atoms with Crippen LogP contribution in [-0.4, -0.2) is 13.6 Å². The van der Waals surface area contributed by atoms with Crippen molar-refractivity contribution in [1.29, 1.82) is 0 Å². The minimum Gasteiger partial charge on any atom is -0.665 e. The van der Waals surface area contributed by atoms with Crippen molar-refractivity contribution in [3.63, 3.8) is 0 Å². The van der Waals surface area contributed by atoms with Crippen LogP contribution >= 0.6 is 0 Å². The summed E-state index contributed by atoms with van der Waals surface area (Å²) in [7, 11) is 1.85. The zero-order valence-electron chi connectivity index (χ0n) is 5.56. The number of nitrogens with zero attached hydrogens (tertiary/aromatic N) is 1. The molecule has 47 valence electrons. The van der Waals surface area contributed by atoms with Crippen LogP contribution in [-0.2, 0) is 32.7 Å². The van der Waals surface area contributed by atoms with Gasteiger partial charge in [0.05, 0.1) is 0 Å². The molecule has 0 aromatic rings. The quantitative estimate of drug-likeness (QED) is 0.473. The molecule has 8 heavy (non-hydrogen) atoms. The van der Waals surface area contributed by atoms with Crippen LogP contribution in [0, 0.1) is 6.92 Å². The summed E-state index contributed by atoms with van der Waals surface area (Å²) in [5, 5.41) is 3.95. The normalized spacial score (nSPS) is 8.25. The first kappa shape index (κ1) is 11.8. The minimum absolute atomic E-state index is 0. The van der Waals surface area contributed by atoms with E-state index in [1.54, 1.807) is 0 Å². The second-order valence-corrected chi connectivity index (χ2v) is 1.60. The first-order valence-corrected chi connectivity index (χ1v) is 2.76. The maximum Gasteiger partial charge on any atom is 0 e. The van der Waals surface area contributed by atoms with E-state index in [2.05, 4.69) is 12.2 Å². The van der Waals surface area contributed by atoms with Gasteiger partial charge in [-0.05, 0) is 0 Å². The van der Waals surface area contributed by atoms with Crippen LogP contribution in [0.15, 0.2) is 0 Å². The summed E-state index contributed by atoms with van der Waals surface area (Å²) in [6.07, 6.45) is 3.48. The molecule has 0 bridgehead atoms. The van der Waals surface area contributed by atoms with Crippen LogP contribution in [0.2, 0.25) is 0 Å². The molecule has 0 aromatic heterocycles. The predicted molar refractivity (Wildman–Crippen MR) is 33.4 cm³/mol. The van der Waals surface area contributed by atoms with Gasteiger partial charge in [0.1, 0.15) is 0 Å². The SMILES string of the molecule is [CH2-]CCCC[N-]C.[Y]. The third kappa shape index (κ3) is 10.1. The van der Waals surface area contributed by atoms with E-state index < -0.39 is 0 Å². The van der Waals surface area contributed by atoms with Crippen molar-refractivity contribution in [3.8, 4) is 0 Å². The van der Waals surface area contributed by atoms with Crippen molar-refractivity contribution in [2.75, 3.05) is 13.6 Å². The number of hydrogen-bond acceptors (Lipinski definition) is 0. The van der Waals surface area contributed by atoms with Crippen molar-refractivity contribution < 1.29 is 32.7 Å². The van der Waals surface area contributed by atoms with Gasteiger partial charge in [-0.1, -0.05) is 12.8 Å². The Morgan fingerprint density at radius 3 is 2.38 bits per heavy atom. The molecule has 0 saturated carbocycles. The molecule has 1 radical (unpaired) electrons. The third-order valence-electron chi connectivity index (χ3n) is 0.882. The Labute approximate surface area is 77.5 Å². The van der Waals surface area contributed by atoms with E-state index in [4.69, 9.17) is 0 Å². The van der Waals surface area contributed by atoms with Gasteiger partial charge in [0.25, 0.3) is 0 Å². The summed E-state index contributed by atoms with van der Waals surface area (Å²) in [5.74, 6) is 0. The molecule has 0 aliphatic rings. The van der Waals surface area contributed by atoms with Gasteiger partial charge in [-0.2, -0.15) is 13.5 Å². The van der Waals surface area contributed by atoms with Crippen LogP contribution in [0.25, 0.3) is 5.32 Å². The largest absolute Gasteiger partial charge is 0.665 e. The van der Waals surface area contributed by atoms with Crippen molar-refractivity contribution in [2.45, 2.75) is 19.3 Å². The molecule has 0 spiro atoms. The fourth-order valence-corrected chi connectivity index (χ4v) is 0.447. The summed E-state index contributed by atoms with van der Waals surface area (Å²) < 4.78 is 0. The Kier molecular flexibility index (Phi) is 16.2. The first-order valence-electron chi connectivity index (χ1n) is 2.76. The monoisotopic (exact) mass is 188 g/mol. The number of hydrogen-bond donors (Lipinski definition) is 0. The van der Waals surface area contributed by atoms with Gasteiger partial charge in [0.15, 0.2) is 0 Å². The second kappa shape index (κ2) is 10.9. The molecule has 0 rings (SSSR count). The van der Waals surface area contributed by atoms with Crippen LogP contribution in [0.5, 0.6) is 0 Å². The summed E-state index contributed by atoms with van der Waals surface area (Å²) in [5.41, 5.74) is 0. The molecule has 0 amide bonds. The Morgan fingerprint density at radius 1 is 1.38 bits per heavy atom. The van der Waals surface area contributed by atoms with Crippen molar-refractivity contribution >= 4 is 0 Å². The van der Waals surface area contributed by atoms with E-state index >= 15 is 0 Å². The van der Waals surface area contributed by atoms with Gasteiger partial charge < -0.3 is 12.2 Å². The van der Waals surface area contributed by atoms with Crippen LogP contribution in [0.1, 0.15) is 19.3 Å². The van der Waals surface area contributed by atoms with E-state index in [0.717, 1.165) is 13.0 Å². The van der Waals surface area contributed by atoms with E-state index in [-0.39, 0.29) is 32.7 Å². The minimum atomic E-state index is 0. The Bertz CT molecular complexity index is 27.7. The summed E-state index contributed by atoms with van der Waals surface area (Å²) in [4.78, 5) is 0. The predicted octanol–water partition coefficient (Wildman–Crippen LogP) is 1.99. The van der Waals surface area contributed by atoms with Crippen LogP contribution in [0.4, 0.5) is 0 Å². The Hall–Kier alpha value is 1.06. The van der Waals surface area contributed by atoms with E-state index in [0.29, 0.717) is 0 Å². The Balaban J connectivity index is 0. The molecule has 0 N–H and O–H groups in total. The Morgan fingerprint density at radius 2 is 2.00 bits per heavy atom. The maximum atomic E-state index is 3.95. The molecular formula is C6H13NY-2. The number of rotatable bonds is 4. The van der Waals surface area contributed by atoms with Crippen LogP contribution in [0.3, 0.4) is 0 Å². The summed E-state index contributed by atoms with van der Waals surface area (Å²) in [6.45, 7) is 4.73. The zero-order valence-corrected chi connectivity index (χ0v) is 8.40. The molecule has 0 aromatic carbocycles. The topological polar surface area (TPSA) is 14.1 Å². The molecule has 0 fully saturated rings. The smallest absolute Gasteiger partial charge is 0 e. The average Bonchev–Trinajstić information content (AvgIpc) is 1.69. The summed E-state index contributed by atoms with van der Waals surface area (Å²) in [6, 6.07) is 0. The molecule has 0 atom stereocenters. The molecule has 0 unspecified atom stereocenters. The average molecular weight is 188 g/mol. The molecular weight excluding hydrogens is 175 g/mol. The second-order valence-electron chi connectivity index (χ2n) is 1.60. The third-order valence-corrected chi connectivity index (χ3v) is 0.882. The number of unbranched alkanes of at least 4 members (excludes halogenated alkanes) is 2. The van der Waals surface area contributed by atoms with Gasteiger partial charge in [-0.3, -0.25) is 0 Å². The first-order chi connectivity index (χ1) is 3.41. The molecule has 2 heteroatoms. The fourth-order valence-electron chi connectivity index (χ4n) is 0.447. The van der Waals surface area contributed by atoms with E-state index in [1.165, 1.54) is 12.8 Å². The molecule has 1 nitrogen and oxygen atoms in total. The van der Waals surface area contributed by atoms with Crippen molar-refractivity contribution in [2.24, 2.45) is 0 Å². The van der Waals surface area contributed by atoms with E-state index in [9.17, 15) is 0 Å². The zero-order chi connectivity index (χ0) is 5.54. The standard InChI is InChI=1S/C6H13N.Y/c1-3-4-5-6-7-2;/h1,3-6H2,2H3;/q-2;. The van der Waals surface area contributed by atoms with Gasteiger partial charge in [-0.15, -0.1) is 6.54 Å².